The Hall–Kier alpha value is -0.645. The summed E-state index contributed by atoms with van der Waals surface area (Å²) in [6.45, 7) is 0. The van der Waals surface area contributed by atoms with Crippen molar-refractivity contribution in [2.24, 2.45) is 0 Å². The number of thioether (sulfide) groups is 1. The lowest BCUT2D eigenvalue weighted by Gasteiger charge is -2.04. The van der Waals surface area contributed by atoms with Crippen LogP contribution in [0.4, 0.5) is 5.69 Å². The van der Waals surface area contributed by atoms with Crippen molar-refractivity contribution in [1.82, 2.24) is 0 Å². The molecule has 0 spiro atoms. The molecule has 4 N–H and O–H groups in total. The Morgan fingerprint density at radius 1 is 1.42 bits per heavy atom. The fourth-order valence-electron chi connectivity index (χ4n) is 0.888. The smallest absolute Gasteiger partial charge is 0.423 e. The Labute approximate surface area is 75.7 Å². The van der Waals surface area contributed by atoms with E-state index in [-0.39, 0.29) is 0 Å². The lowest BCUT2D eigenvalue weighted by Crippen LogP contribution is -2.29. The van der Waals surface area contributed by atoms with Crippen molar-refractivity contribution >= 4 is 30.0 Å². The molecule has 0 fully saturated rings. The first-order chi connectivity index (χ1) is 5.65. The Morgan fingerprint density at radius 3 is 2.58 bits per heavy atom. The summed E-state index contributed by atoms with van der Waals surface area (Å²) >= 11 is 1.48. The molecule has 0 aliphatic carbocycles. The summed E-state index contributed by atoms with van der Waals surface area (Å²) in [5, 5.41) is 17.7. The molecule has 0 aliphatic rings. The van der Waals surface area contributed by atoms with Crippen molar-refractivity contribution in [3.63, 3.8) is 0 Å². The van der Waals surface area contributed by atoms with Gasteiger partial charge in [-0.05, 0) is 23.9 Å². The SMILES string of the molecule is CSc1cc(B(O)O)ccc1N. The second-order valence-corrected chi connectivity index (χ2v) is 3.22. The van der Waals surface area contributed by atoms with Gasteiger partial charge in [-0.15, -0.1) is 11.8 Å². The lowest BCUT2D eigenvalue weighted by molar-refractivity contribution is 0.425. The molecule has 64 valence electrons. The third kappa shape index (κ3) is 1.94. The second kappa shape index (κ2) is 3.84. The zero-order valence-corrected chi connectivity index (χ0v) is 7.51. The molecule has 0 aromatic heterocycles. The molecule has 3 nitrogen and oxygen atoms in total. The normalized spacial score (nSPS) is 9.92. The number of anilines is 1. The van der Waals surface area contributed by atoms with Crippen molar-refractivity contribution in [3.8, 4) is 0 Å². The van der Waals surface area contributed by atoms with E-state index < -0.39 is 7.12 Å². The predicted octanol–water partition coefficient (Wildman–Crippen LogP) is -0.330. The summed E-state index contributed by atoms with van der Waals surface area (Å²) in [5.74, 6) is 0. The van der Waals surface area contributed by atoms with Crippen molar-refractivity contribution < 1.29 is 10.0 Å². The topological polar surface area (TPSA) is 66.5 Å². The second-order valence-electron chi connectivity index (χ2n) is 2.38. The summed E-state index contributed by atoms with van der Waals surface area (Å²) in [5.41, 5.74) is 6.74. The standard InChI is InChI=1S/C7H10BNO2S/c1-12-7-4-5(8(10)11)2-3-6(7)9/h2-4,10-11H,9H2,1H3. The van der Waals surface area contributed by atoms with Gasteiger partial charge in [0, 0.05) is 10.6 Å². The number of hydrogen-bond acceptors (Lipinski definition) is 4. The molecule has 12 heavy (non-hydrogen) atoms. The van der Waals surface area contributed by atoms with E-state index in [4.69, 9.17) is 15.8 Å². The highest BCUT2D eigenvalue weighted by molar-refractivity contribution is 7.98. The van der Waals surface area contributed by atoms with Gasteiger partial charge >= 0.3 is 7.12 Å². The van der Waals surface area contributed by atoms with E-state index in [1.165, 1.54) is 11.8 Å². The molecular formula is C7H10BNO2S. The van der Waals surface area contributed by atoms with Gasteiger partial charge < -0.3 is 15.8 Å². The Kier molecular flexibility index (Phi) is 3.02. The van der Waals surface area contributed by atoms with Crippen molar-refractivity contribution in [3.05, 3.63) is 18.2 Å². The van der Waals surface area contributed by atoms with E-state index in [0.29, 0.717) is 11.2 Å². The average molecular weight is 183 g/mol. The number of hydrogen-bond donors (Lipinski definition) is 3. The highest BCUT2D eigenvalue weighted by Gasteiger charge is 2.11. The largest absolute Gasteiger partial charge is 0.488 e. The fraction of sp³-hybridized carbons (Fsp3) is 0.143. The van der Waals surface area contributed by atoms with Gasteiger partial charge in [-0.25, -0.2) is 0 Å². The minimum Gasteiger partial charge on any atom is -0.423 e. The zero-order valence-electron chi connectivity index (χ0n) is 6.69. The zero-order chi connectivity index (χ0) is 9.14. The predicted molar refractivity (Wildman–Crippen MR) is 52.5 cm³/mol. The van der Waals surface area contributed by atoms with Gasteiger partial charge in [-0.3, -0.25) is 0 Å². The first-order valence-electron chi connectivity index (χ1n) is 3.44. The van der Waals surface area contributed by atoms with E-state index in [9.17, 15) is 0 Å². The van der Waals surface area contributed by atoms with Crippen LogP contribution in [0.5, 0.6) is 0 Å². The van der Waals surface area contributed by atoms with Gasteiger partial charge in [0.2, 0.25) is 0 Å². The van der Waals surface area contributed by atoms with Crippen molar-refractivity contribution in [1.29, 1.82) is 0 Å². The van der Waals surface area contributed by atoms with E-state index >= 15 is 0 Å². The number of rotatable bonds is 2. The Bertz CT molecular complexity index is 280. The van der Waals surface area contributed by atoms with Gasteiger partial charge in [-0.2, -0.15) is 0 Å². The highest BCUT2D eigenvalue weighted by atomic mass is 32.2. The van der Waals surface area contributed by atoms with E-state index in [1.807, 2.05) is 6.26 Å². The van der Waals surface area contributed by atoms with Crippen LogP contribution in [-0.4, -0.2) is 23.4 Å². The molecule has 0 amide bonds. The minimum atomic E-state index is -1.42. The number of nitrogen functional groups attached to an aromatic ring is 1. The monoisotopic (exact) mass is 183 g/mol. The Balaban J connectivity index is 3.05. The van der Waals surface area contributed by atoms with Crippen LogP contribution in [0.1, 0.15) is 0 Å². The van der Waals surface area contributed by atoms with Crippen LogP contribution in [0, 0.1) is 0 Å². The van der Waals surface area contributed by atoms with Crippen LogP contribution in [-0.2, 0) is 0 Å². The molecule has 0 unspecified atom stereocenters. The first kappa shape index (κ1) is 9.44. The van der Waals surface area contributed by atoms with Gasteiger partial charge in [0.25, 0.3) is 0 Å². The molecule has 0 heterocycles. The van der Waals surface area contributed by atoms with Crippen LogP contribution in [0.3, 0.4) is 0 Å². The van der Waals surface area contributed by atoms with E-state index in [1.54, 1.807) is 18.2 Å². The maximum absolute atomic E-state index is 8.84. The maximum atomic E-state index is 8.84. The quantitative estimate of drug-likeness (QED) is 0.333. The third-order valence-corrected chi connectivity index (χ3v) is 2.35. The van der Waals surface area contributed by atoms with Gasteiger partial charge in [-0.1, -0.05) is 6.07 Å². The summed E-state index contributed by atoms with van der Waals surface area (Å²) in [6, 6.07) is 4.94. The van der Waals surface area contributed by atoms with Gasteiger partial charge in [0.1, 0.15) is 0 Å². The maximum Gasteiger partial charge on any atom is 0.488 e. The summed E-state index contributed by atoms with van der Waals surface area (Å²) in [6.07, 6.45) is 1.89. The average Bonchev–Trinajstić information content (AvgIpc) is 2.05. The molecule has 0 atom stereocenters. The molecule has 0 saturated heterocycles. The van der Waals surface area contributed by atoms with Gasteiger partial charge in [0.05, 0.1) is 0 Å². The summed E-state index contributed by atoms with van der Waals surface area (Å²) < 4.78 is 0. The molecule has 1 rings (SSSR count). The van der Waals surface area contributed by atoms with Crippen molar-refractivity contribution in [2.45, 2.75) is 4.90 Å². The molecule has 1 aromatic rings. The summed E-state index contributed by atoms with van der Waals surface area (Å²) in [7, 11) is -1.42. The van der Waals surface area contributed by atoms with Crippen LogP contribution in [0.2, 0.25) is 0 Å². The summed E-state index contributed by atoms with van der Waals surface area (Å²) in [4.78, 5) is 0.862. The first-order valence-corrected chi connectivity index (χ1v) is 4.67. The van der Waals surface area contributed by atoms with Crippen LogP contribution in [0.25, 0.3) is 0 Å². The molecule has 5 heteroatoms. The van der Waals surface area contributed by atoms with E-state index in [2.05, 4.69) is 0 Å². The third-order valence-electron chi connectivity index (χ3n) is 1.56. The number of benzene rings is 1. The molecule has 0 aliphatic heterocycles. The van der Waals surface area contributed by atoms with Crippen LogP contribution in [0.15, 0.2) is 23.1 Å². The molecule has 0 bridgehead atoms. The molecule has 1 aromatic carbocycles. The molecule has 0 radical (unpaired) electrons. The Morgan fingerprint density at radius 2 is 2.08 bits per heavy atom. The van der Waals surface area contributed by atoms with Crippen LogP contribution < -0.4 is 11.2 Å². The van der Waals surface area contributed by atoms with Crippen molar-refractivity contribution in [2.75, 3.05) is 12.0 Å². The highest BCUT2D eigenvalue weighted by Crippen LogP contribution is 2.20. The fourth-order valence-corrected chi connectivity index (χ4v) is 1.45. The van der Waals surface area contributed by atoms with Crippen LogP contribution >= 0.6 is 11.8 Å². The van der Waals surface area contributed by atoms with Gasteiger partial charge in [0.15, 0.2) is 0 Å². The number of nitrogens with two attached hydrogens (primary N) is 1. The molecular weight excluding hydrogens is 173 g/mol. The lowest BCUT2D eigenvalue weighted by atomic mass is 9.80. The van der Waals surface area contributed by atoms with E-state index in [0.717, 1.165) is 4.90 Å². The molecule has 0 saturated carbocycles. The minimum absolute atomic E-state index is 0.466.